The fraction of sp³-hybridized carbons (Fsp3) is 0.130. The zero-order valence-corrected chi connectivity index (χ0v) is 15.9. The molecule has 0 saturated heterocycles. The quantitative estimate of drug-likeness (QED) is 0.560. The predicted molar refractivity (Wildman–Crippen MR) is 109 cm³/mol. The summed E-state index contributed by atoms with van der Waals surface area (Å²) in [6.07, 6.45) is 5.68. The zero-order chi connectivity index (χ0) is 20.6. The van der Waals surface area contributed by atoms with Crippen molar-refractivity contribution in [3.05, 3.63) is 89.8 Å². The van der Waals surface area contributed by atoms with E-state index in [2.05, 4.69) is 0 Å². The van der Waals surface area contributed by atoms with Gasteiger partial charge in [-0.2, -0.15) is 0 Å². The first-order valence-electron chi connectivity index (χ1n) is 9.02. The van der Waals surface area contributed by atoms with Crippen molar-refractivity contribution in [2.75, 3.05) is 13.7 Å². The summed E-state index contributed by atoms with van der Waals surface area (Å²) in [6.45, 7) is 0.129. The summed E-state index contributed by atoms with van der Waals surface area (Å²) in [5.41, 5.74) is 2.03. The maximum Gasteiger partial charge on any atom is 0.341 e. The van der Waals surface area contributed by atoms with Gasteiger partial charge in [0, 0.05) is 18.3 Å². The van der Waals surface area contributed by atoms with Crippen molar-refractivity contribution in [3.8, 4) is 11.5 Å². The van der Waals surface area contributed by atoms with E-state index in [1.807, 2.05) is 35.0 Å². The number of allylic oxidation sites excluding steroid dienone is 1. The molecule has 0 aliphatic heterocycles. The van der Waals surface area contributed by atoms with Gasteiger partial charge in [0.2, 0.25) is 5.78 Å². The van der Waals surface area contributed by atoms with Crippen LogP contribution in [0, 0.1) is 0 Å². The summed E-state index contributed by atoms with van der Waals surface area (Å²) in [5, 5.41) is 8.70. The standard InChI is InChI=1S/C23H21NO5/c1-28-19-9-3-8-18(15-19)23(27)21-11-5-13-24(21)12-4-7-17-6-2-10-20(14-17)29-16-22(25)26/h2-11,13-15H,12,16H2,1H3,(H,25,26)/b7-4+. The Morgan fingerprint density at radius 3 is 2.62 bits per heavy atom. The monoisotopic (exact) mass is 391 g/mol. The molecular weight excluding hydrogens is 370 g/mol. The molecule has 0 radical (unpaired) electrons. The van der Waals surface area contributed by atoms with E-state index >= 15 is 0 Å². The number of nitrogens with zero attached hydrogens (tertiary/aromatic N) is 1. The highest BCUT2D eigenvalue weighted by molar-refractivity contribution is 6.08. The van der Waals surface area contributed by atoms with Gasteiger partial charge in [0.15, 0.2) is 6.61 Å². The number of carbonyl (C=O) groups is 2. The molecule has 3 rings (SSSR count). The highest BCUT2D eigenvalue weighted by Crippen LogP contribution is 2.18. The van der Waals surface area contributed by atoms with Gasteiger partial charge in [-0.25, -0.2) is 4.79 Å². The van der Waals surface area contributed by atoms with Crippen LogP contribution in [0.1, 0.15) is 21.6 Å². The summed E-state index contributed by atoms with van der Waals surface area (Å²) in [7, 11) is 1.57. The van der Waals surface area contributed by atoms with Gasteiger partial charge in [0.25, 0.3) is 0 Å². The fourth-order valence-electron chi connectivity index (χ4n) is 2.85. The number of carbonyl (C=O) groups excluding carboxylic acids is 1. The first-order valence-corrected chi connectivity index (χ1v) is 9.02. The Balaban J connectivity index is 1.69. The molecular formula is C23H21NO5. The largest absolute Gasteiger partial charge is 0.497 e. The molecule has 0 aliphatic rings. The third kappa shape index (κ3) is 5.35. The molecule has 29 heavy (non-hydrogen) atoms. The number of ketones is 1. The second-order valence-electron chi connectivity index (χ2n) is 6.26. The Morgan fingerprint density at radius 1 is 1.03 bits per heavy atom. The van der Waals surface area contributed by atoms with Gasteiger partial charge in [-0.3, -0.25) is 4.79 Å². The molecule has 0 bridgehead atoms. The minimum atomic E-state index is -1.02. The van der Waals surface area contributed by atoms with Crippen LogP contribution in [-0.4, -0.2) is 35.1 Å². The Morgan fingerprint density at radius 2 is 1.83 bits per heavy atom. The van der Waals surface area contributed by atoms with Crippen molar-refractivity contribution in [2.45, 2.75) is 6.54 Å². The van der Waals surface area contributed by atoms with Crippen LogP contribution in [0.3, 0.4) is 0 Å². The van der Waals surface area contributed by atoms with Crippen molar-refractivity contribution in [3.63, 3.8) is 0 Å². The second-order valence-corrected chi connectivity index (χ2v) is 6.26. The molecule has 0 aliphatic carbocycles. The fourth-order valence-corrected chi connectivity index (χ4v) is 2.85. The van der Waals surface area contributed by atoms with Gasteiger partial charge in [-0.15, -0.1) is 0 Å². The molecule has 0 amide bonds. The zero-order valence-electron chi connectivity index (χ0n) is 15.9. The lowest BCUT2D eigenvalue weighted by Crippen LogP contribution is -2.09. The van der Waals surface area contributed by atoms with Crippen LogP contribution in [0.5, 0.6) is 11.5 Å². The molecule has 1 heterocycles. The third-order valence-electron chi connectivity index (χ3n) is 4.23. The second kappa shape index (κ2) is 9.41. The summed E-state index contributed by atoms with van der Waals surface area (Å²) < 4.78 is 12.2. The van der Waals surface area contributed by atoms with E-state index in [4.69, 9.17) is 14.6 Å². The maximum absolute atomic E-state index is 12.8. The molecule has 2 aromatic carbocycles. The minimum Gasteiger partial charge on any atom is -0.497 e. The number of hydrogen-bond acceptors (Lipinski definition) is 4. The molecule has 1 aromatic heterocycles. The van der Waals surface area contributed by atoms with Crippen molar-refractivity contribution in [2.24, 2.45) is 0 Å². The molecule has 6 heteroatoms. The Bertz CT molecular complexity index is 1040. The lowest BCUT2D eigenvalue weighted by molar-refractivity contribution is -0.139. The molecule has 3 aromatic rings. The number of carboxylic acids is 1. The number of methoxy groups -OCH3 is 1. The molecule has 0 saturated carbocycles. The van der Waals surface area contributed by atoms with Gasteiger partial charge in [-0.05, 0) is 42.0 Å². The lowest BCUT2D eigenvalue weighted by Gasteiger charge is -2.07. The third-order valence-corrected chi connectivity index (χ3v) is 4.23. The molecule has 0 spiro atoms. The van der Waals surface area contributed by atoms with Crippen molar-refractivity contribution in [1.82, 2.24) is 4.57 Å². The maximum atomic E-state index is 12.8. The Labute approximate surface area is 168 Å². The average Bonchev–Trinajstić information content (AvgIpc) is 3.20. The lowest BCUT2D eigenvalue weighted by atomic mass is 10.1. The topological polar surface area (TPSA) is 77.8 Å². The summed E-state index contributed by atoms with van der Waals surface area (Å²) in [6, 6.07) is 17.9. The van der Waals surface area contributed by atoms with Crippen molar-refractivity contribution >= 4 is 17.8 Å². The summed E-state index contributed by atoms with van der Waals surface area (Å²) >= 11 is 0. The number of carboxylic acid groups (broad SMARTS) is 1. The first-order chi connectivity index (χ1) is 14.1. The molecule has 0 fully saturated rings. The van der Waals surface area contributed by atoms with Gasteiger partial charge in [0.1, 0.15) is 11.5 Å². The van der Waals surface area contributed by atoms with E-state index in [-0.39, 0.29) is 12.4 Å². The van der Waals surface area contributed by atoms with Crippen LogP contribution in [0.2, 0.25) is 0 Å². The van der Waals surface area contributed by atoms with Gasteiger partial charge < -0.3 is 19.1 Å². The van der Waals surface area contributed by atoms with Crippen LogP contribution < -0.4 is 9.47 Å². The number of ether oxygens (including phenoxy) is 2. The Kier molecular flexibility index (Phi) is 6.47. The van der Waals surface area contributed by atoms with Crippen LogP contribution in [-0.2, 0) is 11.3 Å². The predicted octanol–water partition coefficient (Wildman–Crippen LogP) is 3.90. The molecule has 148 valence electrons. The molecule has 0 atom stereocenters. The van der Waals surface area contributed by atoms with Crippen LogP contribution >= 0.6 is 0 Å². The SMILES string of the molecule is COc1cccc(C(=O)c2cccn2C/C=C/c2cccc(OCC(=O)O)c2)c1. The number of rotatable bonds is 9. The molecule has 6 nitrogen and oxygen atoms in total. The highest BCUT2D eigenvalue weighted by Gasteiger charge is 2.13. The van der Waals surface area contributed by atoms with Crippen molar-refractivity contribution in [1.29, 1.82) is 0 Å². The Hall–Kier alpha value is -3.80. The van der Waals surface area contributed by atoms with Crippen LogP contribution in [0.15, 0.2) is 72.9 Å². The van der Waals surface area contributed by atoms with E-state index in [0.717, 1.165) is 5.56 Å². The summed E-state index contributed by atoms with van der Waals surface area (Å²) in [4.78, 5) is 23.4. The van der Waals surface area contributed by atoms with E-state index < -0.39 is 5.97 Å². The number of aromatic nitrogens is 1. The van der Waals surface area contributed by atoms with Crippen LogP contribution in [0.25, 0.3) is 6.08 Å². The first kappa shape index (κ1) is 19.9. The normalized spacial score (nSPS) is 10.8. The van der Waals surface area contributed by atoms with Gasteiger partial charge >= 0.3 is 5.97 Å². The van der Waals surface area contributed by atoms with E-state index in [1.54, 1.807) is 55.6 Å². The van der Waals surface area contributed by atoms with Crippen molar-refractivity contribution < 1.29 is 24.2 Å². The number of benzene rings is 2. The minimum absolute atomic E-state index is 0.0774. The van der Waals surface area contributed by atoms with Crippen LogP contribution in [0.4, 0.5) is 0 Å². The number of hydrogen-bond donors (Lipinski definition) is 1. The van der Waals surface area contributed by atoms with Gasteiger partial charge in [0.05, 0.1) is 12.8 Å². The highest BCUT2D eigenvalue weighted by atomic mass is 16.5. The molecule has 1 N–H and O–H groups in total. The summed E-state index contributed by atoms with van der Waals surface area (Å²) in [5.74, 6) is 0.0291. The number of aliphatic carboxylic acids is 1. The van der Waals surface area contributed by atoms with E-state index in [9.17, 15) is 9.59 Å². The molecule has 0 unspecified atom stereocenters. The van der Waals surface area contributed by atoms with E-state index in [1.165, 1.54) is 0 Å². The van der Waals surface area contributed by atoms with E-state index in [0.29, 0.717) is 29.3 Å². The smallest absolute Gasteiger partial charge is 0.341 e. The van der Waals surface area contributed by atoms with Gasteiger partial charge in [-0.1, -0.05) is 36.4 Å². The average molecular weight is 391 g/mol.